The van der Waals surface area contributed by atoms with Crippen molar-refractivity contribution in [3.63, 3.8) is 0 Å². The Morgan fingerprint density at radius 2 is 2.24 bits per heavy atom. The Labute approximate surface area is 106 Å². The van der Waals surface area contributed by atoms with Crippen molar-refractivity contribution in [2.24, 2.45) is 0 Å². The summed E-state index contributed by atoms with van der Waals surface area (Å²) in [5.74, 6) is 0. The number of nitrogens with one attached hydrogen (secondary N) is 1. The van der Waals surface area contributed by atoms with E-state index in [2.05, 4.69) is 41.6 Å². The zero-order valence-corrected chi connectivity index (χ0v) is 11.3. The standard InChI is InChI=1S/C13H18N2OS/c1-4-16-8-10(3)15-12-7-9(2)5-6-11(12)14-13(15)17/h5-7,10H,4,8H2,1-3H3,(H,14,17). The van der Waals surface area contributed by atoms with Gasteiger partial charge in [-0.05, 0) is 50.7 Å². The van der Waals surface area contributed by atoms with Gasteiger partial charge in [0.15, 0.2) is 4.77 Å². The zero-order valence-electron chi connectivity index (χ0n) is 10.5. The van der Waals surface area contributed by atoms with Crippen LogP contribution >= 0.6 is 12.2 Å². The van der Waals surface area contributed by atoms with Gasteiger partial charge in [-0.2, -0.15) is 0 Å². The third-order valence-electron chi connectivity index (χ3n) is 2.88. The van der Waals surface area contributed by atoms with Crippen molar-refractivity contribution in [2.45, 2.75) is 26.8 Å². The lowest BCUT2D eigenvalue weighted by atomic mass is 10.2. The summed E-state index contributed by atoms with van der Waals surface area (Å²) in [5.41, 5.74) is 3.48. The predicted molar refractivity (Wildman–Crippen MR) is 73.1 cm³/mol. The molecule has 1 aromatic carbocycles. The number of aryl methyl sites for hydroxylation is 1. The second-order valence-corrected chi connectivity index (χ2v) is 4.72. The average Bonchev–Trinajstić information content (AvgIpc) is 2.61. The van der Waals surface area contributed by atoms with Gasteiger partial charge in [-0.25, -0.2) is 0 Å². The van der Waals surface area contributed by atoms with Crippen molar-refractivity contribution in [1.29, 1.82) is 0 Å². The molecule has 0 aliphatic carbocycles. The van der Waals surface area contributed by atoms with Crippen LogP contribution < -0.4 is 0 Å². The van der Waals surface area contributed by atoms with E-state index >= 15 is 0 Å². The highest BCUT2D eigenvalue weighted by molar-refractivity contribution is 7.71. The molecular weight excluding hydrogens is 232 g/mol. The Morgan fingerprint density at radius 3 is 2.94 bits per heavy atom. The van der Waals surface area contributed by atoms with Crippen LogP contribution in [0.5, 0.6) is 0 Å². The summed E-state index contributed by atoms with van der Waals surface area (Å²) in [5, 5.41) is 0. The van der Waals surface area contributed by atoms with Crippen molar-refractivity contribution in [3.05, 3.63) is 28.5 Å². The number of hydrogen-bond donors (Lipinski definition) is 1. The summed E-state index contributed by atoms with van der Waals surface area (Å²) >= 11 is 5.37. The molecule has 1 aromatic heterocycles. The summed E-state index contributed by atoms with van der Waals surface area (Å²) < 4.78 is 8.37. The summed E-state index contributed by atoms with van der Waals surface area (Å²) in [6.45, 7) is 7.64. The number of aromatic amines is 1. The van der Waals surface area contributed by atoms with Gasteiger partial charge in [-0.3, -0.25) is 0 Å². The number of imidazole rings is 1. The minimum atomic E-state index is 0.248. The molecule has 0 aliphatic rings. The van der Waals surface area contributed by atoms with Crippen molar-refractivity contribution in [3.8, 4) is 0 Å². The van der Waals surface area contributed by atoms with E-state index in [1.54, 1.807) is 0 Å². The van der Waals surface area contributed by atoms with Crippen molar-refractivity contribution >= 4 is 23.3 Å². The van der Waals surface area contributed by atoms with Crippen molar-refractivity contribution in [2.75, 3.05) is 13.2 Å². The first-order valence-corrected chi connectivity index (χ1v) is 6.33. The Kier molecular flexibility index (Phi) is 3.64. The molecule has 3 nitrogen and oxygen atoms in total. The van der Waals surface area contributed by atoms with E-state index in [0.29, 0.717) is 6.61 Å². The number of fused-ring (bicyclic) bond motifs is 1. The fourth-order valence-electron chi connectivity index (χ4n) is 2.03. The van der Waals surface area contributed by atoms with E-state index in [9.17, 15) is 0 Å². The minimum absolute atomic E-state index is 0.248. The molecule has 0 fully saturated rings. The number of rotatable bonds is 4. The van der Waals surface area contributed by atoms with Crippen LogP contribution in [0.1, 0.15) is 25.5 Å². The fourth-order valence-corrected chi connectivity index (χ4v) is 2.42. The second-order valence-electron chi connectivity index (χ2n) is 4.33. The van der Waals surface area contributed by atoms with E-state index < -0.39 is 0 Å². The molecule has 0 amide bonds. The number of H-pyrrole nitrogens is 1. The maximum absolute atomic E-state index is 5.47. The fraction of sp³-hybridized carbons (Fsp3) is 0.462. The number of benzene rings is 1. The van der Waals surface area contributed by atoms with Gasteiger partial charge in [0, 0.05) is 6.61 Å². The molecule has 92 valence electrons. The van der Waals surface area contributed by atoms with Gasteiger partial charge >= 0.3 is 0 Å². The molecular formula is C13H18N2OS. The van der Waals surface area contributed by atoms with Crippen LogP contribution in [0.2, 0.25) is 0 Å². The van der Waals surface area contributed by atoms with E-state index in [4.69, 9.17) is 17.0 Å². The normalized spacial score (nSPS) is 13.1. The third-order valence-corrected chi connectivity index (χ3v) is 3.18. The van der Waals surface area contributed by atoms with Gasteiger partial charge in [0.2, 0.25) is 0 Å². The smallest absolute Gasteiger partial charge is 0.178 e. The van der Waals surface area contributed by atoms with Crippen LogP contribution in [0.15, 0.2) is 18.2 Å². The quantitative estimate of drug-likeness (QED) is 0.840. The molecule has 0 spiro atoms. The van der Waals surface area contributed by atoms with Crippen LogP contribution in [-0.2, 0) is 4.74 Å². The van der Waals surface area contributed by atoms with Crippen LogP contribution in [0.25, 0.3) is 11.0 Å². The average molecular weight is 250 g/mol. The minimum Gasteiger partial charge on any atom is -0.380 e. The Bertz CT molecular complexity index is 570. The molecule has 1 heterocycles. The van der Waals surface area contributed by atoms with Crippen LogP contribution in [0.4, 0.5) is 0 Å². The lowest BCUT2D eigenvalue weighted by Crippen LogP contribution is -2.12. The zero-order chi connectivity index (χ0) is 12.4. The molecule has 1 unspecified atom stereocenters. The Hall–Kier alpha value is -1.13. The van der Waals surface area contributed by atoms with Crippen LogP contribution in [-0.4, -0.2) is 22.8 Å². The summed E-state index contributed by atoms with van der Waals surface area (Å²) in [6.07, 6.45) is 0. The maximum Gasteiger partial charge on any atom is 0.178 e. The largest absolute Gasteiger partial charge is 0.380 e. The number of ether oxygens (including phenoxy) is 1. The Balaban J connectivity index is 2.48. The van der Waals surface area contributed by atoms with E-state index in [1.165, 1.54) is 5.56 Å². The van der Waals surface area contributed by atoms with Crippen LogP contribution in [0, 0.1) is 11.7 Å². The van der Waals surface area contributed by atoms with Gasteiger partial charge in [0.1, 0.15) is 0 Å². The first kappa shape index (κ1) is 12.3. The monoisotopic (exact) mass is 250 g/mol. The van der Waals surface area contributed by atoms with Gasteiger partial charge in [0.25, 0.3) is 0 Å². The first-order valence-electron chi connectivity index (χ1n) is 5.92. The molecule has 0 saturated carbocycles. The predicted octanol–water partition coefficient (Wildman–Crippen LogP) is 3.60. The van der Waals surface area contributed by atoms with Crippen LogP contribution in [0.3, 0.4) is 0 Å². The highest BCUT2D eigenvalue weighted by Gasteiger charge is 2.11. The van der Waals surface area contributed by atoms with Crippen molar-refractivity contribution < 1.29 is 4.74 Å². The molecule has 1 atom stereocenters. The topological polar surface area (TPSA) is 29.9 Å². The number of aromatic nitrogens is 2. The summed E-state index contributed by atoms with van der Waals surface area (Å²) in [7, 11) is 0. The molecule has 2 aromatic rings. The molecule has 1 N–H and O–H groups in total. The number of nitrogens with zero attached hydrogens (tertiary/aromatic N) is 1. The highest BCUT2D eigenvalue weighted by atomic mass is 32.1. The molecule has 17 heavy (non-hydrogen) atoms. The molecule has 0 saturated heterocycles. The van der Waals surface area contributed by atoms with E-state index in [0.717, 1.165) is 22.4 Å². The molecule has 2 rings (SSSR count). The SMILES string of the molecule is CCOCC(C)n1c(=S)[nH]c2ccc(C)cc21. The van der Waals surface area contributed by atoms with Crippen molar-refractivity contribution in [1.82, 2.24) is 9.55 Å². The summed E-state index contributed by atoms with van der Waals surface area (Å²) in [4.78, 5) is 3.23. The Morgan fingerprint density at radius 1 is 1.47 bits per heavy atom. The molecule has 0 bridgehead atoms. The van der Waals surface area contributed by atoms with E-state index in [-0.39, 0.29) is 6.04 Å². The third kappa shape index (κ3) is 2.42. The lowest BCUT2D eigenvalue weighted by Gasteiger charge is -2.14. The highest BCUT2D eigenvalue weighted by Crippen LogP contribution is 2.20. The maximum atomic E-state index is 5.47. The summed E-state index contributed by atoms with van der Waals surface area (Å²) in [6, 6.07) is 6.57. The lowest BCUT2D eigenvalue weighted by molar-refractivity contribution is 0.119. The first-order chi connectivity index (χ1) is 8.13. The van der Waals surface area contributed by atoms with Gasteiger partial charge in [0.05, 0.1) is 23.7 Å². The van der Waals surface area contributed by atoms with Gasteiger partial charge in [-0.15, -0.1) is 0 Å². The van der Waals surface area contributed by atoms with Gasteiger partial charge in [-0.1, -0.05) is 6.07 Å². The molecule has 4 heteroatoms. The van der Waals surface area contributed by atoms with Gasteiger partial charge < -0.3 is 14.3 Å². The molecule has 0 radical (unpaired) electrons. The van der Waals surface area contributed by atoms with E-state index in [1.807, 2.05) is 6.92 Å². The number of hydrogen-bond acceptors (Lipinski definition) is 2. The second kappa shape index (κ2) is 5.02. The molecule has 0 aliphatic heterocycles.